The zero-order valence-electron chi connectivity index (χ0n) is 20.8. The van der Waals surface area contributed by atoms with Gasteiger partial charge in [0.2, 0.25) is 0 Å². The van der Waals surface area contributed by atoms with Crippen LogP contribution in [-0.4, -0.2) is 17.1 Å². The highest BCUT2D eigenvalue weighted by molar-refractivity contribution is 9.10. The minimum Gasteiger partial charge on any atom is -0.497 e. The number of hydrogen-bond donors (Lipinski definition) is 2. The van der Waals surface area contributed by atoms with E-state index in [9.17, 15) is 8.78 Å². The molecule has 194 valence electrons. The molecule has 0 saturated heterocycles. The van der Waals surface area contributed by atoms with Crippen molar-refractivity contribution in [2.45, 2.75) is 0 Å². The molecule has 0 atom stereocenters. The highest BCUT2D eigenvalue weighted by atomic mass is 79.9. The van der Waals surface area contributed by atoms with Crippen molar-refractivity contribution in [2.75, 3.05) is 17.7 Å². The first kappa shape index (κ1) is 26.1. The smallest absolute Gasteiger partial charge is 0.125 e. The Labute approximate surface area is 232 Å². The van der Waals surface area contributed by atoms with Crippen LogP contribution in [0.25, 0.3) is 21.8 Å². The number of ether oxygens (including phenoxy) is 1. The molecule has 0 radical (unpaired) electrons. The maximum Gasteiger partial charge on any atom is 0.125 e. The second-order valence-electron chi connectivity index (χ2n) is 8.53. The summed E-state index contributed by atoms with van der Waals surface area (Å²) in [6.07, 6.45) is 3.33. The molecule has 2 aromatic heterocycles. The molecule has 39 heavy (non-hydrogen) atoms. The van der Waals surface area contributed by atoms with Gasteiger partial charge in [-0.1, -0.05) is 28.1 Å². The van der Waals surface area contributed by atoms with Gasteiger partial charge in [-0.25, -0.2) is 8.78 Å². The lowest BCUT2D eigenvalue weighted by Gasteiger charge is -2.10. The molecule has 6 rings (SSSR count). The lowest BCUT2D eigenvalue weighted by molar-refractivity contribution is 0.415. The maximum atomic E-state index is 13.2. The minimum absolute atomic E-state index is 0.278. The molecule has 6 aromatic rings. The number of anilines is 4. The van der Waals surface area contributed by atoms with Crippen LogP contribution in [0.4, 0.5) is 31.5 Å². The van der Waals surface area contributed by atoms with E-state index in [0.29, 0.717) is 11.0 Å². The first-order valence-electron chi connectivity index (χ1n) is 12.0. The van der Waals surface area contributed by atoms with E-state index in [4.69, 9.17) is 4.74 Å². The van der Waals surface area contributed by atoms with Crippen molar-refractivity contribution < 1.29 is 13.5 Å². The summed E-state index contributed by atoms with van der Waals surface area (Å²) in [5, 5.41) is 8.38. The van der Waals surface area contributed by atoms with Gasteiger partial charge in [-0.15, -0.1) is 0 Å². The molecular formula is C31H23BrF2N4O. The van der Waals surface area contributed by atoms with Crippen molar-refractivity contribution in [2.24, 2.45) is 0 Å². The molecule has 2 heterocycles. The predicted octanol–water partition coefficient (Wildman–Crippen LogP) is 9.01. The van der Waals surface area contributed by atoms with Crippen LogP contribution in [0.15, 0.2) is 114 Å². The molecule has 8 heteroatoms. The third kappa shape index (κ3) is 6.48. The zero-order chi connectivity index (χ0) is 27.2. The molecule has 0 amide bonds. The molecule has 0 fully saturated rings. The Morgan fingerprint density at radius 3 is 1.72 bits per heavy atom. The van der Waals surface area contributed by atoms with E-state index in [1.165, 1.54) is 24.3 Å². The summed E-state index contributed by atoms with van der Waals surface area (Å²) in [7, 11) is 1.63. The summed E-state index contributed by atoms with van der Waals surface area (Å²) in [5.41, 5.74) is 4.91. The van der Waals surface area contributed by atoms with Crippen LogP contribution in [0.2, 0.25) is 0 Å². The van der Waals surface area contributed by atoms with Gasteiger partial charge in [0.05, 0.1) is 18.1 Å². The van der Waals surface area contributed by atoms with E-state index >= 15 is 0 Å². The number of halogens is 3. The average molecular weight is 585 g/mol. The summed E-state index contributed by atoms with van der Waals surface area (Å²) in [6.45, 7) is 0. The first-order chi connectivity index (χ1) is 19.0. The number of fused-ring (bicyclic) bond motifs is 2. The van der Waals surface area contributed by atoms with E-state index in [2.05, 4.69) is 36.5 Å². The van der Waals surface area contributed by atoms with Crippen LogP contribution in [-0.2, 0) is 0 Å². The van der Waals surface area contributed by atoms with E-state index in [0.717, 1.165) is 43.7 Å². The molecule has 0 aliphatic heterocycles. The van der Waals surface area contributed by atoms with Crippen LogP contribution in [0.5, 0.6) is 5.75 Å². The van der Waals surface area contributed by atoms with Crippen LogP contribution in [0.1, 0.15) is 0 Å². The number of nitrogens with zero attached hydrogens (tertiary/aromatic N) is 2. The largest absolute Gasteiger partial charge is 0.497 e. The summed E-state index contributed by atoms with van der Waals surface area (Å²) in [5.74, 6) is 0.211. The Hall–Kier alpha value is -4.56. The third-order valence-electron chi connectivity index (χ3n) is 5.86. The van der Waals surface area contributed by atoms with Crippen LogP contribution >= 0.6 is 15.9 Å². The number of hydrogen-bond acceptors (Lipinski definition) is 5. The Balaban J connectivity index is 0.000000158. The Bertz CT molecular complexity index is 1760. The van der Waals surface area contributed by atoms with Crippen molar-refractivity contribution in [3.05, 3.63) is 126 Å². The van der Waals surface area contributed by atoms with E-state index in [1.807, 2.05) is 60.7 Å². The van der Waals surface area contributed by atoms with Crippen molar-refractivity contribution in [3.63, 3.8) is 0 Å². The van der Waals surface area contributed by atoms with E-state index in [-0.39, 0.29) is 11.6 Å². The zero-order valence-corrected chi connectivity index (χ0v) is 22.4. The summed E-state index contributed by atoms with van der Waals surface area (Å²) < 4.78 is 32.6. The molecule has 0 unspecified atom stereocenters. The number of benzene rings is 4. The fourth-order valence-electron chi connectivity index (χ4n) is 4.04. The van der Waals surface area contributed by atoms with Crippen molar-refractivity contribution >= 4 is 60.5 Å². The third-order valence-corrected chi connectivity index (χ3v) is 6.36. The second kappa shape index (κ2) is 11.9. The normalized spacial score (nSPS) is 10.6. The molecule has 0 spiro atoms. The Morgan fingerprint density at radius 2 is 1.18 bits per heavy atom. The Morgan fingerprint density at radius 1 is 0.641 bits per heavy atom. The van der Waals surface area contributed by atoms with Gasteiger partial charge >= 0.3 is 0 Å². The number of methoxy groups -OCH3 is 1. The summed E-state index contributed by atoms with van der Waals surface area (Å²) in [6, 6.07) is 28.4. The molecule has 4 aromatic carbocycles. The van der Waals surface area contributed by atoms with Crippen LogP contribution in [0, 0.1) is 11.6 Å². The van der Waals surface area contributed by atoms with E-state index in [1.54, 1.807) is 31.6 Å². The molecule has 2 N–H and O–H groups in total. The predicted molar refractivity (Wildman–Crippen MR) is 157 cm³/mol. The molecular weight excluding hydrogens is 562 g/mol. The highest BCUT2D eigenvalue weighted by Crippen LogP contribution is 2.28. The Kier molecular flexibility index (Phi) is 7.94. The topological polar surface area (TPSA) is 59.1 Å². The minimum atomic E-state index is -0.288. The van der Waals surface area contributed by atoms with Crippen molar-refractivity contribution in [1.82, 2.24) is 9.97 Å². The second-order valence-corrected chi connectivity index (χ2v) is 9.45. The molecule has 0 aliphatic carbocycles. The van der Waals surface area contributed by atoms with Gasteiger partial charge in [0, 0.05) is 68.6 Å². The lowest BCUT2D eigenvalue weighted by Crippen LogP contribution is -1.93. The summed E-state index contributed by atoms with van der Waals surface area (Å²) in [4.78, 5) is 8.35. The molecule has 0 saturated carbocycles. The fraction of sp³-hybridized carbons (Fsp3) is 0.0323. The van der Waals surface area contributed by atoms with Crippen molar-refractivity contribution in [3.8, 4) is 5.75 Å². The average Bonchev–Trinajstić information content (AvgIpc) is 2.93. The van der Waals surface area contributed by atoms with Gasteiger partial charge in [-0.05, 0) is 66.7 Å². The monoisotopic (exact) mass is 584 g/mol. The molecule has 5 nitrogen and oxygen atoms in total. The van der Waals surface area contributed by atoms with Gasteiger partial charge in [0.25, 0.3) is 0 Å². The van der Waals surface area contributed by atoms with Gasteiger partial charge < -0.3 is 15.4 Å². The quantitative estimate of drug-likeness (QED) is 0.212. The lowest BCUT2D eigenvalue weighted by atomic mass is 10.1. The SMILES string of the molecule is COc1cccc(Nc2ccnc3cc(F)ccc23)c1.Fc1ccc2c(Nc3cccc(Br)c3)ccnc2c1. The summed E-state index contributed by atoms with van der Waals surface area (Å²) >= 11 is 3.43. The fourth-order valence-corrected chi connectivity index (χ4v) is 4.44. The van der Waals surface area contributed by atoms with Gasteiger partial charge in [0.1, 0.15) is 17.4 Å². The van der Waals surface area contributed by atoms with Crippen LogP contribution < -0.4 is 15.4 Å². The number of rotatable bonds is 5. The maximum absolute atomic E-state index is 13.2. The number of aromatic nitrogens is 2. The standard InChI is InChI=1S/C16H13FN2O.C15H10BrFN2/c1-20-13-4-2-3-12(10-13)19-15-7-8-18-16-9-11(17)5-6-14(15)16;16-10-2-1-3-12(8-10)19-14-6-7-18-15-9-11(17)4-5-13(14)15/h2-10H,1H3,(H,18,19);1-9H,(H,18,19). The van der Waals surface area contributed by atoms with E-state index < -0.39 is 0 Å². The highest BCUT2D eigenvalue weighted by Gasteiger charge is 2.05. The number of pyridine rings is 2. The first-order valence-corrected chi connectivity index (χ1v) is 12.8. The van der Waals surface area contributed by atoms with Crippen molar-refractivity contribution in [1.29, 1.82) is 0 Å². The van der Waals surface area contributed by atoms with Crippen LogP contribution in [0.3, 0.4) is 0 Å². The number of nitrogens with one attached hydrogen (secondary N) is 2. The van der Waals surface area contributed by atoms with Gasteiger partial charge in [0.15, 0.2) is 0 Å². The van der Waals surface area contributed by atoms with Gasteiger partial charge in [-0.3, -0.25) is 9.97 Å². The molecule has 0 bridgehead atoms. The molecule has 0 aliphatic rings. The van der Waals surface area contributed by atoms with Gasteiger partial charge in [-0.2, -0.15) is 0 Å².